The van der Waals surface area contributed by atoms with Crippen LogP contribution in [-0.4, -0.2) is 55.2 Å². The second-order valence-electron chi connectivity index (χ2n) is 8.05. The molecular formula is C22H33N5O2. The molecule has 7 heteroatoms. The van der Waals surface area contributed by atoms with Crippen LogP contribution in [0.25, 0.3) is 0 Å². The summed E-state index contributed by atoms with van der Waals surface area (Å²) < 4.78 is 0. The number of aromatic nitrogens is 4. The monoisotopic (exact) mass is 399 g/mol. The number of benzene rings is 1. The highest BCUT2D eigenvalue weighted by atomic mass is 16.3. The number of aliphatic hydroxyl groups excluding tert-OH is 1. The normalized spacial score (nSPS) is 18.2. The summed E-state index contributed by atoms with van der Waals surface area (Å²) in [7, 11) is 0. The third kappa shape index (κ3) is 7.24. The van der Waals surface area contributed by atoms with Crippen LogP contribution in [-0.2, 0) is 17.6 Å². The van der Waals surface area contributed by atoms with Crippen LogP contribution in [0.1, 0.15) is 69.2 Å². The van der Waals surface area contributed by atoms with E-state index in [0.717, 1.165) is 75.7 Å². The lowest BCUT2D eigenvalue weighted by atomic mass is 9.94. The number of amides is 1. The zero-order valence-corrected chi connectivity index (χ0v) is 17.2. The Hall–Kier alpha value is -2.28. The molecule has 1 saturated heterocycles. The highest BCUT2D eigenvalue weighted by Crippen LogP contribution is 2.24. The smallest absolute Gasteiger partial charge is 0.222 e. The van der Waals surface area contributed by atoms with Crippen LogP contribution in [0.2, 0.25) is 0 Å². The van der Waals surface area contributed by atoms with Crippen molar-refractivity contribution in [3.8, 4) is 0 Å². The third-order valence-electron chi connectivity index (χ3n) is 5.77. The van der Waals surface area contributed by atoms with Crippen LogP contribution in [0.4, 0.5) is 0 Å². The lowest BCUT2D eigenvalue weighted by Crippen LogP contribution is -2.44. The number of aliphatic hydroxyl groups is 1. The number of carbonyl (C=O) groups is 1. The SMILES string of the molecule is O=C1CCCC(CC[C@@H](O)Cc2ccccc2)N1CCCCCCc1nn[nH]n1. The summed E-state index contributed by atoms with van der Waals surface area (Å²) >= 11 is 0. The number of carbonyl (C=O) groups excluding carboxylic acids is 1. The average Bonchev–Trinajstić information content (AvgIpc) is 3.24. The summed E-state index contributed by atoms with van der Waals surface area (Å²) in [6, 6.07) is 10.4. The van der Waals surface area contributed by atoms with Crippen molar-refractivity contribution in [3.63, 3.8) is 0 Å². The van der Waals surface area contributed by atoms with Crippen molar-refractivity contribution < 1.29 is 9.90 Å². The number of nitrogens with zero attached hydrogens (tertiary/aromatic N) is 4. The van der Waals surface area contributed by atoms with E-state index in [4.69, 9.17) is 0 Å². The molecule has 0 aliphatic carbocycles. The van der Waals surface area contributed by atoms with E-state index >= 15 is 0 Å². The largest absolute Gasteiger partial charge is 0.393 e. The Morgan fingerprint density at radius 3 is 2.79 bits per heavy atom. The minimum Gasteiger partial charge on any atom is -0.393 e. The van der Waals surface area contributed by atoms with Crippen molar-refractivity contribution in [2.24, 2.45) is 0 Å². The molecule has 1 aromatic carbocycles. The predicted molar refractivity (Wildman–Crippen MR) is 111 cm³/mol. The van der Waals surface area contributed by atoms with Crippen molar-refractivity contribution in [2.45, 2.75) is 82.8 Å². The molecule has 3 rings (SSSR count). The van der Waals surface area contributed by atoms with Gasteiger partial charge >= 0.3 is 0 Å². The summed E-state index contributed by atoms with van der Waals surface area (Å²) in [6.07, 6.45) is 9.80. The molecule has 2 heterocycles. The Kier molecular flexibility index (Phi) is 8.61. The number of hydrogen-bond donors (Lipinski definition) is 2. The van der Waals surface area contributed by atoms with Crippen molar-refractivity contribution in [1.82, 2.24) is 25.5 Å². The summed E-state index contributed by atoms with van der Waals surface area (Å²) in [5.41, 5.74) is 1.16. The van der Waals surface area contributed by atoms with E-state index < -0.39 is 0 Å². The molecule has 29 heavy (non-hydrogen) atoms. The van der Waals surface area contributed by atoms with Gasteiger partial charge in [0.25, 0.3) is 0 Å². The molecule has 0 radical (unpaired) electrons. The van der Waals surface area contributed by atoms with Gasteiger partial charge in [-0.05, 0) is 50.5 Å². The summed E-state index contributed by atoms with van der Waals surface area (Å²) in [6.45, 7) is 0.834. The summed E-state index contributed by atoms with van der Waals surface area (Å²) in [5, 5.41) is 24.4. The van der Waals surface area contributed by atoms with Crippen molar-refractivity contribution in [3.05, 3.63) is 41.7 Å². The number of aromatic amines is 1. The molecular weight excluding hydrogens is 366 g/mol. The molecule has 0 saturated carbocycles. The topological polar surface area (TPSA) is 95.0 Å². The van der Waals surface area contributed by atoms with Crippen LogP contribution in [0.3, 0.4) is 0 Å². The maximum Gasteiger partial charge on any atom is 0.222 e. The van der Waals surface area contributed by atoms with Crippen molar-refractivity contribution >= 4 is 5.91 Å². The molecule has 0 spiro atoms. The number of piperidine rings is 1. The minimum atomic E-state index is -0.346. The van der Waals surface area contributed by atoms with Crippen LogP contribution >= 0.6 is 0 Å². The first-order chi connectivity index (χ1) is 14.2. The molecule has 7 nitrogen and oxygen atoms in total. The number of hydrogen-bond acceptors (Lipinski definition) is 5. The van der Waals surface area contributed by atoms with Gasteiger partial charge in [-0.15, -0.1) is 10.2 Å². The molecule has 0 bridgehead atoms. The fraction of sp³-hybridized carbons (Fsp3) is 0.636. The Morgan fingerprint density at radius 1 is 1.17 bits per heavy atom. The van der Waals surface area contributed by atoms with Crippen molar-refractivity contribution in [2.75, 3.05) is 6.54 Å². The molecule has 1 aromatic heterocycles. The molecule has 1 fully saturated rings. The van der Waals surface area contributed by atoms with E-state index in [1.165, 1.54) is 0 Å². The van der Waals surface area contributed by atoms with Crippen LogP contribution in [0, 0.1) is 0 Å². The Morgan fingerprint density at radius 2 is 2.00 bits per heavy atom. The van der Waals surface area contributed by atoms with Gasteiger partial charge in [0.1, 0.15) is 0 Å². The van der Waals surface area contributed by atoms with Gasteiger partial charge in [-0.25, -0.2) is 0 Å². The zero-order valence-electron chi connectivity index (χ0n) is 17.2. The number of nitrogens with one attached hydrogen (secondary N) is 1. The van der Waals surface area contributed by atoms with Gasteiger partial charge in [-0.2, -0.15) is 5.21 Å². The lowest BCUT2D eigenvalue weighted by Gasteiger charge is -2.36. The Bertz CT molecular complexity index is 707. The van der Waals surface area contributed by atoms with Gasteiger partial charge in [0.2, 0.25) is 5.91 Å². The molecule has 1 aliphatic heterocycles. The molecule has 2 N–H and O–H groups in total. The van der Waals surface area contributed by atoms with E-state index in [1.54, 1.807) is 0 Å². The van der Waals surface area contributed by atoms with E-state index in [1.807, 2.05) is 18.2 Å². The lowest BCUT2D eigenvalue weighted by molar-refractivity contribution is -0.136. The maximum absolute atomic E-state index is 12.5. The zero-order chi connectivity index (χ0) is 20.3. The first kappa shape index (κ1) is 21.4. The van der Waals surface area contributed by atoms with Gasteiger partial charge in [-0.1, -0.05) is 48.4 Å². The van der Waals surface area contributed by atoms with E-state index in [2.05, 4.69) is 37.7 Å². The number of H-pyrrole nitrogens is 1. The van der Waals surface area contributed by atoms with E-state index in [0.29, 0.717) is 12.8 Å². The third-order valence-corrected chi connectivity index (χ3v) is 5.77. The number of aryl methyl sites for hydroxylation is 1. The Labute approximate surface area is 172 Å². The second kappa shape index (κ2) is 11.7. The molecule has 158 valence electrons. The highest BCUT2D eigenvalue weighted by Gasteiger charge is 2.27. The highest BCUT2D eigenvalue weighted by molar-refractivity contribution is 5.77. The maximum atomic E-state index is 12.5. The van der Waals surface area contributed by atoms with Crippen LogP contribution in [0.15, 0.2) is 30.3 Å². The molecule has 1 unspecified atom stereocenters. The van der Waals surface area contributed by atoms with Gasteiger partial charge in [-0.3, -0.25) is 4.79 Å². The fourth-order valence-corrected chi connectivity index (χ4v) is 4.18. The van der Waals surface area contributed by atoms with Crippen LogP contribution < -0.4 is 0 Å². The average molecular weight is 400 g/mol. The molecule has 2 aromatic rings. The summed E-state index contributed by atoms with van der Waals surface area (Å²) in [5.74, 6) is 1.05. The fourth-order valence-electron chi connectivity index (χ4n) is 4.18. The predicted octanol–water partition coefficient (Wildman–Crippen LogP) is 3.07. The minimum absolute atomic E-state index is 0.279. The standard InChI is InChI=1S/C22H33N5O2/c28-20(17-18-9-4-3-5-10-18)15-14-19-11-8-13-22(29)27(19)16-7-2-1-6-12-21-23-25-26-24-21/h3-5,9-10,19-20,28H,1-2,6-8,11-17H2,(H,23,24,25,26)/t19?,20-/m1/s1. The molecule has 1 amide bonds. The van der Waals surface area contributed by atoms with Crippen LogP contribution in [0.5, 0.6) is 0 Å². The van der Waals surface area contributed by atoms with Gasteiger partial charge in [0, 0.05) is 25.4 Å². The molecule has 1 aliphatic rings. The van der Waals surface area contributed by atoms with Gasteiger partial charge < -0.3 is 10.0 Å². The number of tetrazole rings is 1. The quantitative estimate of drug-likeness (QED) is 0.535. The van der Waals surface area contributed by atoms with E-state index in [9.17, 15) is 9.90 Å². The van der Waals surface area contributed by atoms with E-state index in [-0.39, 0.29) is 18.1 Å². The number of rotatable bonds is 12. The number of unbranched alkanes of at least 4 members (excludes halogenated alkanes) is 3. The van der Waals surface area contributed by atoms with Crippen molar-refractivity contribution in [1.29, 1.82) is 0 Å². The first-order valence-corrected chi connectivity index (χ1v) is 11.0. The number of likely N-dealkylation sites (tertiary alicyclic amines) is 1. The second-order valence-corrected chi connectivity index (χ2v) is 8.05. The van der Waals surface area contributed by atoms with Gasteiger partial charge in [0.05, 0.1) is 6.10 Å². The summed E-state index contributed by atoms with van der Waals surface area (Å²) in [4.78, 5) is 14.5. The van der Waals surface area contributed by atoms with Gasteiger partial charge in [0.15, 0.2) is 5.82 Å². The molecule has 2 atom stereocenters. The first-order valence-electron chi connectivity index (χ1n) is 11.0. The Balaban J connectivity index is 1.36.